The number of rotatable bonds is 4. The van der Waals surface area contributed by atoms with Crippen LogP contribution in [-0.4, -0.2) is 40.2 Å². The number of thiazole rings is 1. The Kier molecular flexibility index (Phi) is 4.50. The molecule has 1 N–H and O–H groups in total. The van der Waals surface area contributed by atoms with E-state index in [0.717, 1.165) is 41.7 Å². The predicted molar refractivity (Wildman–Crippen MR) is 77.2 cm³/mol. The number of nitrogens with zero attached hydrogens (tertiary/aromatic N) is 2. The first-order valence-electron chi connectivity index (χ1n) is 6.20. The van der Waals surface area contributed by atoms with Gasteiger partial charge in [-0.05, 0) is 13.3 Å². The molecule has 100 valence electrons. The SMILES string of the molecule is CCCc1nc(N2CCSCC2C)sc1C(=O)O. The maximum atomic E-state index is 11.2. The number of aryl methyl sites for hydroxylation is 1. The van der Waals surface area contributed by atoms with Crippen molar-refractivity contribution < 1.29 is 9.90 Å². The molecule has 0 saturated carbocycles. The molecule has 0 aliphatic carbocycles. The first-order valence-corrected chi connectivity index (χ1v) is 8.18. The molecule has 0 aromatic carbocycles. The molecule has 1 saturated heterocycles. The lowest BCUT2D eigenvalue weighted by Crippen LogP contribution is -2.40. The quantitative estimate of drug-likeness (QED) is 0.922. The Morgan fingerprint density at radius 2 is 2.39 bits per heavy atom. The minimum Gasteiger partial charge on any atom is -0.477 e. The van der Waals surface area contributed by atoms with Crippen LogP contribution in [-0.2, 0) is 6.42 Å². The summed E-state index contributed by atoms with van der Waals surface area (Å²) in [5, 5.41) is 10.1. The first kappa shape index (κ1) is 13.7. The summed E-state index contributed by atoms with van der Waals surface area (Å²) in [4.78, 5) is 18.4. The summed E-state index contributed by atoms with van der Waals surface area (Å²) in [6.45, 7) is 5.18. The Balaban J connectivity index is 2.27. The van der Waals surface area contributed by atoms with Crippen molar-refractivity contribution in [3.8, 4) is 0 Å². The third-order valence-electron chi connectivity index (χ3n) is 2.98. The van der Waals surface area contributed by atoms with Gasteiger partial charge in [-0.3, -0.25) is 0 Å². The van der Waals surface area contributed by atoms with Crippen molar-refractivity contribution in [2.24, 2.45) is 0 Å². The number of hydrogen-bond acceptors (Lipinski definition) is 5. The van der Waals surface area contributed by atoms with Crippen LogP contribution in [0.15, 0.2) is 0 Å². The molecule has 1 aliphatic heterocycles. The molecule has 6 heteroatoms. The summed E-state index contributed by atoms with van der Waals surface area (Å²) < 4.78 is 0. The molecular formula is C12H18N2O2S2. The molecule has 1 atom stereocenters. The van der Waals surface area contributed by atoms with E-state index in [4.69, 9.17) is 0 Å². The van der Waals surface area contributed by atoms with E-state index in [2.05, 4.69) is 16.8 Å². The maximum absolute atomic E-state index is 11.2. The zero-order valence-electron chi connectivity index (χ0n) is 10.7. The molecule has 1 aromatic heterocycles. The van der Waals surface area contributed by atoms with Crippen LogP contribution < -0.4 is 4.90 Å². The molecule has 18 heavy (non-hydrogen) atoms. The molecule has 1 aliphatic rings. The number of hydrogen-bond donors (Lipinski definition) is 1. The summed E-state index contributed by atoms with van der Waals surface area (Å²) in [7, 11) is 0. The molecule has 0 bridgehead atoms. The van der Waals surface area contributed by atoms with Gasteiger partial charge >= 0.3 is 5.97 Å². The fourth-order valence-electron chi connectivity index (χ4n) is 2.05. The second-order valence-electron chi connectivity index (χ2n) is 4.44. The number of carbonyl (C=O) groups is 1. The lowest BCUT2D eigenvalue weighted by molar-refractivity contribution is 0.0700. The zero-order valence-corrected chi connectivity index (χ0v) is 12.3. The first-order chi connectivity index (χ1) is 8.63. The lowest BCUT2D eigenvalue weighted by atomic mass is 10.2. The van der Waals surface area contributed by atoms with Gasteiger partial charge in [-0.1, -0.05) is 24.7 Å². The minimum absolute atomic E-state index is 0.414. The van der Waals surface area contributed by atoms with Gasteiger partial charge in [-0.15, -0.1) is 0 Å². The van der Waals surface area contributed by atoms with Crippen LogP contribution in [0.25, 0.3) is 0 Å². The molecule has 4 nitrogen and oxygen atoms in total. The average molecular weight is 286 g/mol. The smallest absolute Gasteiger partial charge is 0.347 e. The molecular weight excluding hydrogens is 268 g/mol. The van der Waals surface area contributed by atoms with Gasteiger partial charge in [0.1, 0.15) is 4.88 Å². The van der Waals surface area contributed by atoms with Crippen molar-refractivity contribution in [1.29, 1.82) is 0 Å². The van der Waals surface area contributed by atoms with E-state index in [1.54, 1.807) is 0 Å². The number of anilines is 1. The predicted octanol–water partition coefficient (Wildman–Crippen LogP) is 2.74. The van der Waals surface area contributed by atoms with Gasteiger partial charge in [0.05, 0.1) is 5.69 Å². The van der Waals surface area contributed by atoms with Crippen LogP contribution in [0.5, 0.6) is 0 Å². The van der Waals surface area contributed by atoms with Crippen molar-refractivity contribution in [2.75, 3.05) is 23.0 Å². The second-order valence-corrected chi connectivity index (χ2v) is 6.57. The Labute approximate surface area is 115 Å². The topological polar surface area (TPSA) is 53.4 Å². The fraction of sp³-hybridized carbons (Fsp3) is 0.667. The molecule has 1 unspecified atom stereocenters. The Morgan fingerprint density at radius 1 is 1.61 bits per heavy atom. The minimum atomic E-state index is -0.846. The summed E-state index contributed by atoms with van der Waals surface area (Å²) >= 11 is 3.27. The highest BCUT2D eigenvalue weighted by atomic mass is 32.2. The highest BCUT2D eigenvalue weighted by molar-refractivity contribution is 7.99. The van der Waals surface area contributed by atoms with Crippen LogP contribution >= 0.6 is 23.1 Å². The van der Waals surface area contributed by atoms with Crippen LogP contribution in [0, 0.1) is 0 Å². The molecule has 0 amide bonds. The van der Waals surface area contributed by atoms with Gasteiger partial charge < -0.3 is 10.0 Å². The fourth-order valence-corrected chi connectivity index (χ4v) is 4.14. The van der Waals surface area contributed by atoms with Gasteiger partial charge in [0.25, 0.3) is 0 Å². The standard InChI is InChI=1S/C12H18N2O2S2/c1-3-4-9-10(11(15)16)18-12(13-9)14-5-6-17-7-8(14)2/h8H,3-7H2,1-2H3,(H,15,16). The third-order valence-corrected chi connectivity index (χ3v) is 5.29. The molecule has 2 rings (SSSR count). The van der Waals surface area contributed by atoms with Crippen molar-refractivity contribution in [3.63, 3.8) is 0 Å². The molecule has 0 spiro atoms. The third kappa shape index (κ3) is 2.80. The van der Waals surface area contributed by atoms with E-state index >= 15 is 0 Å². The monoisotopic (exact) mass is 286 g/mol. The van der Waals surface area contributed by atoms with E-state index in [0.29, 0.717) is 10.9 Å². The molecule has 2 heterocycles. The van der Waals surface area contributed by atoms with Gasteiger partial charge in [-0.25, -0.2) is 9.78 Å². The van der Waals surface area contributed by atoms with Gasteiger partial charge in [0.2, 0.25) is 0 Å². The summed E-state index contributed by atoms with van der Waals surface area (Å²) in [6.07, 6.45) is 1.67. The Morgan fingerprint density at radius 3 is 3.00 bits per heavy atom. The van der Waals surface area contributed by atoms with Gasteiger partial charge in [0, 0.05) is 24.1 Å². The van der Waals surface area contributed by atoms with E-state index < -0.39 is 5.97 Å². The van der Waals surface area contributed by atoms with Crippen LogP contribution in [0.2, 0.25) is 0 Å². The van der Waals surface area contributed by atoms with E-state index in [-0.39, 0.29) is 0 Å². The number of thioether (sulfide) groups is 1. The summed E-state index contributed by atoms with van der Waals surface area (Å²) in [6, 6.07) is 0.436. The van der Waals surface area contributed by atoms with Gasteiger partial charge in [-0.2, -0.15) is 11.8 Å². The van der Waals surface area contributed by atoms with E-state index in [1.165, 1.54) is 11.3 Å². The van der Waals surface area contributed by atoms with Crippen LogP contribution in [0.3, 0.4) is 0 Å². The largest absolute Gasteiger partial charge is 0.477 e. The zero-order chi connectivity index (χ0) is 13.1. The number of carboxylic acids is 1. The van der Waals surface area contributed by atoms with Crippen molar-refractivity contribution in [3.05, 3.63) is 10.6 Å². The van der Waals surface area contributed by atoms with E-state index in [1.807, 2.05) is 18.7 Å². The molecule has 1 aromatic rings. The Bertz CT molecular complexity index is 434. The molecule has 0 radical (unpaired) electrons. The maximum Gasteiger partial charge on any atom is 0.347 e. The average Bonchev–Trinajstić information content (AvgIpc) is 2.74. The van der Waals surface area contributed by atoms with Crippen molar-refractivity contribution >= 4 is 34.2 Å². The second kappa shape index (κ2) is 5.93. The van der Waals surface area contributed by atoms with Crippen molar-refractivity contribution in [2.45, 2.75) is 32.7 Å². The van der Waals surface area contributed by atoms with Crippen molar-refractivity contribution in [1.82, 2.24) is 4.98 Å². The van der Waals surface area contributed by atoms with Gasteiger partial charge in [0.15, 0.2) is 5.13 Å². The highest BCUT2D eigenvalue weighted by Gasteiger charge is 2.25. The van der Waals surface area contributed by atoms with Crippen LogP contribution in [0.4, 0.5) is 5.13 Å². The number of aromatic nitrogens is 1. The summed E-state index contributed by atoms with van der Waals surface area (Å²) in [5.74, 6) is 1.34. The molecule has 1 fully saturated rings. The number of aromatic carboxylic acids is 1. The Hall–Kier alpha value is -0.750. The lowest BCUT2D eigenvalue weighted by Gasteiger charge is -2.32. The number of carboxylic acid groups (broad SMARTS) is 1. The van der Waals surface area contributed by atoms with Crippen LogP contribution in [0.1, 0.15) is 35.6 Å². The summed E-state index contributed by atoms with van der Waals surface area (Å²) in [5.41, 5.74) is 0.746. The highest BCUT2D eigenvalue weighted by Crippen LogP contribution is 2.31. The van der Waals surface area contributed by atoms with E-state index in [9.17, 15) is 9.90 Å². The normalized spacial score (nSPS) is 20.1.